The van der Waals surface area contributed by atoms with Crippen molar-refractivity contribution in [1.82, 2.24) is 29.5 Å². The highest BCUT2D eigenvalue weighted by molar-refractivity contribution is 5.92. The molecule has 0 unspecified atom stereocenters. The molecule has 9 nitrogen and oxygen atoms in total. The lowest BCUT2D eigenvalue weighted by atomic mass is 10.2. The van der Waals surface area contributed by atoms with Gasteiger partial charge in [0.1, 0.15) is 5.82 Å². The van der Waals surface area contributed by atoms with Crippen LogP contribution in [-0.4, -0.2) is 93.9 Å². The van der Waals surface area contributed by atoms with Crippen LogP contribution in [0.15, 0.2) is 18.3 Å². The van der Waals surface area contributed by atoms with E-state index in [-0.39, 0.29) is 5.91 Å². The molecule has 30 heavy (non-hydrogen) atoms. The van der Waals surface area contributed by atoms with Crippen LogP contribution in [0.3, 0.4) is 0 Å². The summed E-state index contributed by atoms with van der Waals surface area (Å²) < 4.78 is 1.74. The van der Waals surface area contributed by atoms with Gasteiger partial charge in [-0.25, -0.2) is 4.98 Å². The van der Waals surface area contributed by atoms with Crippen LogP contribution in [0.25, 0.3) is 0 Å². The minimum atomic E-state index is 0.00440. The molecular formula is C21H32N8O. The van der Waals surface area contributed by atoms with Gasteiger partial charge in [-0.3, -0.25) is 14.4 Å². The Hall–Kier alpha value is -2.68. The lowest BCUT2D eigenvalue weighted by Gasteiger charge is -2.38. The third-order valence-corrected chi connectivity index (χ3v) is 6.18. The maximum Gasteiger partial charge on any atom is 0.274 e. The Labute approximate surface area is 178 Å². The third-order valence-electron chi connectivity index (χ3n) is 6.18. The van der Waals surface area contributed by atoms with E-state index in [0.717, 1.165) is 56.7 Å². The van der Waals surface area contributed by atoms with Gasteiger partial charge in [-0.2, -0.15) is 10.1 Å². The highest BCUT2D eigenvalue weighted by Gasteiger charge is 2.26. The van der Waals surface area contributed by atoms with Crippen LogP contribution in [0.4, 0.5) is 11.8 Å². The number of aryl methyl sites for hydroxylation is 2. The Morgan fingerprint density at radius 1 is 1.00 bits per heavy atom. The van der Waals surface area contributed by atoms with Crippen LogP contribution in [-0.2, 0) is 7.05 Å². The molecule has 0 aliphatic carbocycles. The third kappa shape index (κ3) is 4.26. The van der Waals surface area contributed by atoms with Gasteiger partial charge in [-0.05, 0) is 32.9 Å². The van der Waals surface area contributed by atoms with Crippen molar-refractivity contribution in [2.45, 2.75) is 26.8 Å². The van der Waals surface area contributed by atoms with E-state index in [1.165, 1.54) is 0 Å². The van der Waals surface area contributed by atoms with Crippen molar-refractivity contribution < 1.29 is 4.79 Å². The Bertz CT molecular complexity index is 859. The molecule has 4 heterocycles. The van der Waals surface area contributed by atoms with Gasteiger partial charge in [0, 0.05) is 77.3 Å². The molecule has 162 valence electrons. The van der Waals surface area contributed by atoms with E-state index >= 15 is 0 Å². The zero-order valence-electron chi connectivity index (χ0n) is 18.5. The minimum Gasteiger partial charge on any atom is -0.353 e. The largest absolute Gasteiger partial charge is 0.353 e. The van der Waals surface area contributed by atoms with Gasteiger partial charge < -0.3 is 14.7 Å². The minimum absolute atomic E-state index is 0.00440. The molecule has 2 aliphatic heterocycles. The molecular weight excluding hydrogens is 380 g/mol. The highest BCUT2D eigenvalue weighted by atomic mass is 16.2. The number of amides is 1. The summed E-state index contributed by atoms with van der Waals surface area (Å²) in [5, 5.41) is 4.32. The van der Waals surface area contributed by atoms with E-state index < -0.39 is 0 Å². The number of carbonyl (C=O) groups excluding carboxylic acids is 1. The van der Waals surface area contributed by atoms with Gasteiger partial charge >= 0.3 is 0 Å². The second kappa shape index (κ2) is 8.59. The molecule has 4 rings (SSSR count). The van der Waals surface area contributed by atoms with Crippen LogP contribution in [0, 0.1) is 6.92 Å². The monoisotopic (exact) mass is 412 g/mol. The maximum atomic E-state index is 12.7. The molecule has 0 radical (unpaired) electrons. The second-order valence-corrected chi connectivity index (χ2v) is 8.41. The first-order valence-electron chi connectivity index (χ1n) is 10.8. The summed E-state index contributed by atoms with van der Waals surface area (Å²) in [6, 6.07) is 4.39. The maximum absolute atomic E-state index is 12.7. The molecule has 0 atom stereocenters. The lowest BCUT2D eigenvalue weighted by molar-refractivity contribution is 0.0739. The zero-order chi connectivity index (χ0) is 21.3. The first kappa shape index (κ1) is 20.6. The van der Waals surface area contributed by atoms with Crippen LogP contribution >= 0.6 is 0 Å². The molecule has 2 aromatic heterocycles. The molecule has 9 heteroatoms. The molecule has 2 saturated heterocycles. The van der Waals surface area contributed by atoms with Gasteiger partial charge in [0.2, 0.25) is 5.95 Å². The van der Waals surface area contributed by atoms with Crippen molar-refractivity contribution in [2.24, 2.45) is 7.05 Å². The average molecular weight is 413 g/mol. The van der Waals surface area contributed by atoms with Crippen LogP contribution in [0.2, 0.25) is 0 Å². The molecule has 1 amide bonds. The fourth-order valence-electron chi connectivity index (χ4n) is 4.07. The molecule has 0 spiro atoms. The number of carbonyl (C=O) groups is 1. The average Bonchev–Trinajstić information content (AvgIpc) is 3.12. The topological polar surface area (TPSA) is 73.6 Å². The normalized spacial score (nSPS) is 18.4. The van der Waals surface area contributed by atoms with Crippen molar-refractivity contribution in [2.75, 3.05) is 62.2 Å². The van der Waals surface area contributed by atoms with Crippen molar-refractivity contribution >= 4 is 17.7 Å². The van der Waals surface area contributed by atoms with Gasteiger partial charge in [-0.15, -0.1) is 0 Å². The van der Waals surface area contributed by atoms with Crippen molar-refractivity contribution in [3.05, 3.63) is 29.7 Å². The van der Waals surface area contributed by atoms with Gasteiger partial charge in [0.15, 0.2) is 5.69 Å². The quantitative estimate of drug-likeness (QED) is 0.742. The van der Waals surface area contributed by atoms with Crippen molar-refractivity contribution in [3.8, 4) is 0 Å². The predicted molar refractivity (Wildman–Crippen MR) is 117 cm³/mol. The van der Waals surface area contributed by atoms with Gasteiger partial charge in [0.25, 0.3) is 5.91 Å². The van der Waals surface area contributed by atoms with E-state index in [4.69, 9.17) is 4.98 Å². The molecule has 2 aromatic rings. The van der Waals surface area contributed by atoms with Crippen molar-refractivity contribution in [1.29, 1.82) is 0 Å². The number of anilines is 2. The number of nitrogens with zero attached hydrogens (tertiary/aromatic N) is 8. The summed E-state index contributed by atoms with van der Waals surface area (Å²) in [5.74, 6) is 1.75. The number of hydrogen-bond donors (Lipinski definition) is 0. The first-order chi connectivity index (χ1) is 14.4. The van der Waals surface area contributed by atoms with Crippen LogP contribution in [0.5, 0.6) is 0 Å². The standard InChI is InChI=1S/C21H32N8O/c1-16(2)26-7-13-29(14-8-26)21-22-6-5-19(23-21)27-9-11-28(12-10-27)20(30)18-15-17(3)25(4)24-18/h5-6,15-16H,7-14H2,1-4H3. The Morgan fingerprint density at radius 3 is 2.27 bits per heavy atom. The molecule has 2 fully saturated rings. The summed E-state index contributed by atoms with van der Waals surface area (Å²) in [4.78, 5) is 31.0. The van der Waals surface area contributed by atoms with Crippen LogP contribution < -0.4 is 9.80 Å². The second-order valence-electron chi connectivity index (χ2n) is 8.41. The summed E-state index contributed by atoms with van der Waals surface area (Å²) >= 11 is 0. The first-order valence-corrected chi connectivity index (χ1v) is 10.8. The van der Waals surface area contributed by atoms with Crippen molar-refractivity contribution in [3.63, 3.8) is 0 Å². The van der Waals surface area contributed by atoms with E-state index in [1.54, 1.807) is 4.68 Å². The number of hydrogen-bond acceptors (Lipinski definition) is 7. The summed E-state index contributed by atoms with van der Waals surface area (Å²) in [6.07, 6.45) is 1.85. The number of aromatic nitrogens is 4. The van der Waals surface area contributed by atoms with Gasteiger partial charge in [-0.1, -0.05) is 0 Å². The molecule has 2 aliphatic rings. The highest BCUT2D eigenvalue weighted by Crippen LogP contribution is 2.19. The van der Waals surface area contributed by atoms with Crippen LogP contribution in [0.1, 0.15) is 30.0 Å². The SMILES string of the molecule is Cc1cc(C(=O)N2CCN(c3ccnc(N4CCN(C(C)C)CC4)n3)CC2)nn1C. The Kier molecular flexibility index (Phi) is 5.90. The Morgan fingerprint density at radius 2 is 1.67 bits per heavy atom. The zero-order valence-corrected chi connectivity index (χ0v) is 18.5. The number of rotatable bonds is 4. The number of piperazine rings is 2. The molecule has 0 saturated carbocycles. The van der Waals surface area contributed by atoms with E-state index in [0.29, 0.717) is 24.8 Å². The fourth-order valence-corrected chi connectivity index (χ4v) is 4.07. The fraction of sp³-hybridized carbons (Fsp3) is 0.619. The molecule has 0 aromatic carbocycles. The Balaban J connectivity index is 1.36. The van der Waals surface area contributed by atoms with E-state index in [2.05, 4.69) is 38.6 Å². The summed E-state index contributed by atoms with van der Waals surface area (Å²) in [7, 11) is 1.86. The summed E-state index contributed by atoms with van der Waals surface area (Å²) in [5.41, 5.74) is 1.51. The molecule has 0 N–H and O–H groups in total. The van der Waals surface area contributed by atoms with E-state index in [1.807, 2.05) is 37.2 Å². The predicted octanol–water partition coefficient (Wildman–Crippen LogP) is 1.01. The van der Waals surface area contributed by atoms with Gasteiger partial charge in [0.05, 0.1) is 0 Å². The smallest absolute Gasteiger partial charge is 0.274 e. The lowest BCUT2D eigenvalue weighted by Crippen LogP contribution is -2.50. The molecule has 0 bridgehead atoms. The van der Waals surface area contributed by atoms with E-state index in [9.17, 15) is 4.79 Å². The summed E-state index contributed by atoms with van der Waals surface area (Å²) in [6.45, 7) is 13.3.